The number of benzene rings is 1. The van der Waals surface area contributed by atoms with Gasteiger partial charge in [0.2, 0.25) is 5.91 Å². The van der Waals surface area contributed by atoms with Gasteiger partial charge in [-0.05, 0) is 25.5 Å². The first-order valence-electron chi connectivity index (χ1n) is 7.67. The average molecular weight is 377 g/mol. The van der Waals surface area contributed by atoms with Gasteiger partial charge in [-0.25, -0.2) is 4.98 Å². The maximum atomic E-state index is 12.1. The lowest BCUT2D eigenvalue weighted by molar-refractivity contribution is -0.119. The van der Waals surface area contributed by atoms with Crippen LogP contribution in [-0.4, -0.2) is 27.7 Å². The summed E-state index contributed by atoms with van der Waals surface area (Å²) in [5.74, 6) is -0.0152. The molecule has 1 atom stereocenters. The zero-order valence-electron chi connectivity index (χ0n) is 13.8. The van der Waals surface area contributed by atoms with Gasteiger partial charge in [-0.15, -0.1) is 0 Å². The minimum atomic E-state index is -0.535. The van der Waals surface area contributed by atoms with E-state index in [1.807, 2.05) is 19.9 Å². The van der Waals surface area contributed by atoms with E-state index in [4.69, 9.17) is 11.6 Å². The molecular formula is C17H17ClN4O2S. The molecule has 0 fully saturated rings. The van der Waals surface area contributed by atoms with E-state index in [1.165, 1.54) is 0 Å². The molecule has 25 heavy (non-hydrogen) atoms. The molecule has 2 rings (SSSR count). The molecule has 0 saturated carbocycles. The fourth-order valence-electron chi connectivity index (χ4n) is 1.99. The molecule has 0 saturated heterocycles. The fourth-order valence-corrected chi connectivity index (χ4v) is 2.79. The molecule has 8 heteroatoms. The van der Waals surface area contributed by atoms with E-state index in [0.717, 1.165) is 18.2 Å². The maximum absolute atomic E-state index is 12.1. The van der Waals surface area contributed by atoms with Crippen molar-refractivity contribution in [3.05, 3.63) is 45.2 Å². The molecule has 0 spiro atoms. The second-order valence-corrected chi connectivity index (χ2v) is 6.78. The monoisotopic (exact) mass is 376 g/mol. The van der Waals surface area contributed by atoms with Crippen LogP contribution in [0.25, 0.3) is 11.3 Å². The van der Waals surface area contributed by atoms with E-state index in [2.05, 4.69) is 15.3 Å². The van der Waals surface area contributed by atoms with E-state index in [-0.39, 0.29) is 34.1 Å². The van der Waals surface area contributed by atoms with Crippen molar-refractivity contribution in [2.24, 2.45) is 0 Å². The third-order valence-corrected chi connectivity index (χ3v) is 4.61. The normalized spacial score (nSPS) is 11.6. The highest BCUT2D eigenvalue weighted by molar-refractivity contribution is 7.99. The van der Waals surface area contributed by atoms with Gasteiger partial charge in [0, 0.05) is 16.6 Å². The third kappa shape index (κ3) is 5.08. The Labute approximate surface area is 154 Å². The summed E-state index contributed by atoms with van der Waals surface area (Å²) in [6.07, 6.45) is 0.836. The predicted octanol–water partition coefficient (Wildman–Crippen LogP) is 2.97. The van der Waals surface area contributed by atoms with Gasteiger partial charge in [-0.2, -0.15) is 5.26 Å². The Morgan fingerprint density at radius 1 is 1.44 bits per heavy atom. The van der Waals surface area contributed by atoms with Crippen LogP contribution in [0.15, 0.2) is 34.2 Å². The molecule has 0 unspecified atom stereocenters. The number of nitrogens with one attached hydrogen (secondary N) is 2. The number of nitrogens with zero attached hydrogens (tertiary/aromatic N) is 2. The summed E-state index contributed by atoms with van der Waals surface area (Å²) >= 11 is 6.98. The number of rotatable bonds is 6. The summed E-state index contributed by atoms with van der Waals surface area (Å²) in [4.78, 5) is 30.9. The van der Waals surface area contributed by atoms with Gasteiger partial charge in [-0.3, -0.25) is 9.59 Å². The van der Waals surface area contributed by atoms with Crippen LogP contribution in [0.4, 0.5) is 0 Å². The smallest absolute Gasteiger partial charge is 0.270 e. The summed E-state index contributed by atoms with van der Waals surface area (Å²) in [6.45, 7) is 3.90. The van der Waals surface area contributed by atoms with Crippen LogP contribution in [0, 0.1) is 11.3 Å². The van der Waals surface area contributed by atoms with Crippen molar-refractivity contribution in [2.45, 2.75) is 31.5 Å². The van der Waals surface area contributed by atoms with Crippen LogP contribution in [0.1, 0.15) is 25.8 Å². The number of aromatic amines is 1. The van der Waals surface area contributed by atoms with Crippen molar-refractivity contribution in [3.63, 3.8) is 0 Å². The van der Waals surface area contributed by atoms with E-state index in [9.17, 15) is 14.9 Å². The average Bonchev–Trinajstić information content (AvgIpc) is 2.60. The topological polar surface area (TPSA) is 98.6 Å². The van der Waals surface area contributed by atoms with Crippen LogP contribution < -0.4 is 10.9 Å². The van der Waals surface area contributed by atoms with Gasteiger partial charge >= 0.3 is 0 Å². The van der Waals surface area contributed by atoms with Gasteiger partial charge in [-0.1, -0.05) is 42.4 Å². The van der Waals surface area contributed by atoms with Crippen LogP contribution in [0.5, 0.6) is 0 Å². The number of aromatic nitrogens is 2. The van der Waals surface area contributed by atoms with Crippen molar-refractivity contribution in [3.8, 4) is 17.3 Å². The van der Waals surface area contributed by atoms with Crippen LogP contribution >= 0.6 is 23.4 Å². The summed E-state index contributed by atoms with van der Waals surface area (Å²) in [7, 11) is 0. The second kappa shape index (κ2) is 8.70. The predicted molar refractivity (Wildman–Crippen MR) is 98.6 cm³/mol. The lowest BCUT2D eigenvalue weighted by Crippen LogP contribution is -2.33. The van der Waals surface area contributed by atoms with Crippen molar-refractivity contribution in [1.29, 1.82) is 5.26 Å². The Bertz CT molecular complexity index is 858. The van der Waals surface area contributed by atoms with Crippen molar-refractivity contribution >= 4 is 29.3 Å². The number of amides is 1. The maximum Gasteiger partial charge on any atom is 0.270 e. The lowest BCUT2D eigenvalue weighted by Gasteiger charge is -2.11. The zero-order valence-corrected chi connectivity index (χ0v) is 15.4. The summed E-state index contributed by atoms with van der Waals surface area (Å²) in [6, 6.07) is 8.66. The number of H-pyrrole nitrogens is 1. The Morgan fingerprint density at radius 2 is 2.12 bits per heavy atom. The second-order valence-electron chi connectivity index (χ2n) is 5.38. The highest BCUT2D eigenvalue weighted by Crippen LogP contribution is 2.23. The summed E-state index contributed by atoms with van der Waals surface area (Å²) in [5, 5.41) is 12.9. The minimum absolute atomic E-state index is 0.0734. The molecule has 1 aromatic carbocycles. The van der Waals surface area contributed by atoms with Crippen molar-refractivity contribution in [2.75, 3.05) is 5.75 Å². The van der Waals surface area contributed by atoms with Gasteiger partial charge in [0.05, 0.1) is 11.4 Å². The molecule has 1 heterocycles. The van der Waals surface area contributed by atoms with E-state index >= 15 is 0 Å². The highest BCUT2D eigenvalue weighted by atomic mass is 35.5. The molecular weight excluding hydrogens is 360 g/mol. The molecule has 0 aliphatic rings. The van der Waals surface area contributed by atoms with Gasteiger partial charge < -0.3 is 10.3 Å². The summed E-state index contributed by atoms with van der Waals surface area (Å²) in [5.41, 5.74) is 0.272. The third-order valence-electron chi connectivity index (χ3n) is 3.49. The molecule has 1 amide bonds. The SMILES string of the molecule is CC[C@H](C)NC(=O)CSc1nc(-c2ccc(Cl)cc2)c(C#N)c(=O)[nH]1. The number of halogens is 1. The zero-order chi connectivity index (χ0) is 18.4. The Hall–Kier alpha value is -2.30. The van der Waals surface area contributed by atoms with Crippen molar-refractivity contribution in [1.82, 2.24) is 15.3 Å². The fraction of sp³-hybridized carbons (Fsp3) is 0.294. The molecule has 0 aliphatic carbocycles. The number of hydrogen-bond acceptors (Lipinski definition) is 5. The minimum Gasteiger partial charge on any atom is -0.353 e. The Morgan fingerprint density at radius 3 is 2.72 bits per heavy atom. The quantitative estimate of drug-likeness (QED) is 0.596. The molecule has 6 nitrogen and oxygen atoms in total. The number of carbonyl (C=O) groups excluding carboxylic acids is 1. The molecule has 0 aliphatic heterocycles. The van der Waals surface area contributed by atoms with Crippen LogP contribution in [-0.2, 0) is 4.79 Å². The Kier molecular flexibility index (Phi) is 6.62. The van der Waals surface area contributed by atoms with Gasteiger partial charge in [0.1, 0.15) is 11.6 Å². The highest BCUT2D eigenvalue weighted by Gasteiger charge is 2.15. The standard InChI is InChI=1S/C17H17ClN4O2S/c1-3-10(2)20-14(23)9-25-17-21-15(13(8-19)16(24)22-17)11-4-6-12(18)7-5-11/h4-7,10H,3,9H2,1-2H3,(H,20,23)(H,21,22,24)/t10-/m0/s1. The molecule has 0 radical (unpaired) electrons. The van der Waals surface area contributed by atoms with Crippen LogP contribution in [0.3, 0.4) is 0 Å². The first-order chi connectivity index (χ1) is 11.9. The number of carbonyl (C=O) groups is 1. The number of hydrogen-bond donors (Lipinski definition) is 2. The molecule has 130 valence electrons. The van der Waals surface area contributed by atoms with E-state index in [0.29, 0.717) is 10.6 Å². The molecule has 1 aromatic heterocycles. The van der Waals surface area contributed by atoms with Gasteiger partial charge in [0.25, 0.3) is 5.56 Å². The number of thioether (sulfide) groups is 1. The van der Waals surface area contributed by atoms with E-state index in [1.54, 1.807) is 24.3 Å². The van der Waals surface area contributed by atoms with Gasteiger partial charge in [0.15, 0.2) is 5.16 Å². The molecule has 2 N–H and O–H groups in total. The van der Waals surface area contributed by atoms with Crippen molar-refractivity contribution < 1.29 is 4.79 Å². The Balaban J connectivity index is 2.26. The number of nitriles is 1. The first-order valence-corrected chi connectivity index (χ1v) is 9.03. The molecule has 2 aromatic rings. The lowest BCUT2D eigenvalue weighted by atomic mass is 10.1. The van der Waals surface area contributed by atoms with E-state index < -0.39 is 5.56 Å². The van der Waals surface area contributed by atoms with Crippen LogP contribution in [0.2, 0.25) is 5.02 Å². The molecule has 0 bridgehead atoms. The summed E-state index contributed by atoms with van der Waals surface area (Å²) < 4.78 is 0. The largest absolute Gasteiger partial charge is 0.353 e. The first kappa shape index (κ1) is 19.0.